The van der Waals surface area contributed by atoms with E-state index in [2.05, 4.69) is 0 Å². The maximum Gasteiger partial charge on any atom is 0.0471 e. The smallest absolute Gasteiger partial charge is 0.0471 e. The van der Waals surface area contributed by atoms with Crippen molar-refractivity contribution < 1.29 is 0 Å². The summed E-state index contributed by atoms with van der Waals surface area (Å²) in [5.41, 5.74) is 12.4. The number of hydrogen-bond acceptors (Lipinski definition) is 2. The molecular weight excluding hydrogens is 218 g/mol. The Bertz CT molecular complexity index is 220. The number of anilines is 1. The van der Waals surface area contributed by atoms with Gasteiger partial charge in [0.25, 0.3) is 0 Å². The van der Waals surface area contributed by atoms with Crippen LogP contribution in [0, 0.1) is 0 Å². The van der Waals surface area contributed by atoms with Crippen LogP contribution in [0.5, 0.6) is 0 Å². The molecule has 0 aromatic heterocycles. The van der Waals surface area contributed by atoms with Gasteiger partial charge in [0.1, 0.15) is 0 Å². The number of nitrogen functional groups attached to an aromatic ring is 1. The molecule has 0 radical (unpaired) electrons. The van der Waals surface area contributed by atoms with E-state index in [1.165, 1.54) is 0 Å². The van der Waals surface area contributed by atoms with Crippen molar-refractivity contribution in [3.05, 3.63) is 28.8 Å². The van der Waals surface area contributed by atoms with E-state index in [1.54, 1.807) is 18.2 Å². The SMILES string of the molecule is Cl.Cl.NCc1c(N)cccc1Cl. The summed E-state index contributed by atoms with van der Waals surface area (Å²) in [6.45, 7) is 0.394. The van der Waals surface area contributed by atoms with Crippen molar-refractivity contribution in [1.82, 2.24) is 0 Å². The highest BCUT2D eigenvalue weighted by Gasteiger charge is 1.99. The lowest BCUT2D eigenvalue weighted by atomic mass is 10.2. The predicted molar refractivity (Wildman–Crippen MR) is 58.3 cm³/mol. The van der Waals surface area contributed by atoms with Crippen LogP contribution in [0.4, 0.5) is 5.69 Å². The molecule has 2 nitrogen and oxygen atoms in total. The molecule has 70 valence electrons. The molecule has 1 aromatic rings. The molecule has 0 saturated carbocycles. The van der Waals surface area contributed by atoms with E-state index >= 15 is 0 Å². The van der Waals surface area contributed by atoms with Gasteiger partial charge in [-0.25, -0.2) is 0 Å². The van der Waals surface area contributed by atoms with Gasteiger partial charge in [0.05, 0.1) is 0 Å². The summed E-state index contributed by atoms with van der Waals surface area (Å²) in [5.74, 6) is 0. The first kappa shape index (κ1) is 14.4. The van der Waals surface area contributed by atoms with Crippen molar-refractivity contribution in [2.75, 3.05) is 5.73 Å². The van der Waals surface area contributed by atoms with Crippen LogP contribution < -0.4 is 11.5 Å². The number of nitrogens with two attached hydrogens (primary N) is 2. The molecule has 0 aliphatic carbocycles. The van der Waals surface area contributed by atoms with Gasteiger partial charge in [0.15, 0.2) is 0 Å². The Labute approximate surface area is 89.1 Å². The van der Waals surface area contributed by atoms with Crippen LogP contribution >= 0.6 is 36.4 Å². The Kier molecular flexibility index (Phi) is 7.64. The fourth-order valence-corrected chi connectivity index (χ4v) is 1.05. The molecule has 1 rings (SSSR count). The van der Waals surface area contributed by atoms with Crippen molar-refractivity contribution in [3.63, 3.8) is 0 Å². The Hall–Kier alpha value is -0.150. The van der Waals surface area contributed by atoms with Crippen molar-refractivity contribution in [2.24, 2.45) is 5.73 Å². The van der Waals surface area contributed by atoms with E-state index in [0.717, 1.165) is 5.56 Å². The number of hydrogen-bond donors (Lipinski definition) is 2. The third-order valence-corrected chi connectivity index (χ3v) is 1.71. The minimum Gasteiger partial charge on any atom is -0.398 e. The summed E-state index contributed by atoms with van der Waals surface area (Å²) in [4.78, 5) is 0. The molecule has 0 fully saturated rings. The van der Waals surface area contributed by atoms with Crippen LogP contribution in [0.25, 0.3) is 0 Å². The van der Waals surface area contributed by atoms with Gasteiger partial charge in [-0.1, -0.05) is 17.7 Å². The van der Waals surface area contributed by atoms with Crippen LogP contribution in [0.2, 0.25) is 5.02 Å². The van der Waals surface area contributed by atoms with E-state index in [4.69, 9.17) is 23.1 Å². The van der Waals surface area contributed by atoms with E-state index < -0.39 is 0 Å². The molecule has 4 N–H and O–H groups in total. The van der Waals surface area contributed by atoms with Gasteiger partial charge in [0, 0.05) is 22.8 Å². The Morgan fingerprint density at radius 2 is 1.83 bits per heavy atom. The molecule has 5 heteroatoms. The summed E-state index contributed by atoms with van der Waals surface area (Å²) < 4.78 is 0. The Morgan fingerprint density at radius 1 is 1.25 bits per heavy atom. The average Bonchev–Trinajstić information content (AvgIpc) is 1.88. The third-order valence-electron chi connectivity index (χ3n) is 1.36. The molecule has 0 heterocycles. The van der Waals surface area contributed by atoms with E-state index in [-0.39, 0.29) is 24.8 Å². The van der Waals surface area contributed by atoms with Crippen LogP contribution in [-0.2, 0) is 6.54 Å². The zero-order valence-corrected chi connectivity index (χ0v) is 8.68. The molecule has 1 aromatic carbocycles. The van der Waals surface area contributed by atoms with Gasteiger partial charge < -0.3 is 11.5 Å². The minimum absolute atomic E-state index is 0. The van der Waals surface area contributed by atoms with E-state index in [9.17, 15) is 0 Å². The summed E-state index contributed by atoms with van der Waals surface area (Å²) in [6, 6.07) is 5.37. The molecule has 0 bridgehead atoms. The number of benzene rings is 1. The maximum atomic E-state index is 5.77. The van der Waals surface area contributed by atoms with Gasteiger partial charge >= 0.3 is 0 Å². The summed E-state index contributed by atoms with van der Waals surface area (Å²) >= 11 is 5.77. The standard InChI is InChI=1S/C7H9ClN2.2ClH/c8-6-2-1-3-7(10)5(6)4-9;;/h1-3H,4,9-10H2;2*1H. The molecule has 0 aliphatic rings. The summed E-state index contributed by atoms with van der Waals surface area (Å²) in [6.07, 6.45) is 0. The van der Waals surface area contributed by atoms with Crippen LogP contribution in [0.3, 0.4) is 0 Å². The molecular formula is C7H11Cl3N2. The molecule has 0 atom stereocenters. The van der Waals surface area contributed by atoms with Crippen molar-refractivity contribution in [1.29, 1.82) is 0 Å². The highest BCUT2D eigenvalue weighted by molar-refractivity contribution is 6.31. The number of rotatable bonds is 1. The fourth-order valence-electron chi connectivity index (χ4n) is 0.791. The van der Waals surface area contributed by atoms with Crippen molar-refractivity contribution in [2.45, 2.75) is 6.54 Å². The second-order valence-electron chi connectivity index (χ2n) is 2.01. The molecule has 0 aliphatic heterocycles. The quantitative estimate of drug-likeness (QED) is 0.726. The molecule has 0 amide bonds. The van der Waals surface area contributed by atoms with Crippen LogP contribution in [0.15, 0.2) is 18.2 Å². The van der Waals surface area contributed by atoms with Gasteiger partial charge in [-0.05, 0) is 12.1 Å². The van der Waals surface area contributed by atoms with Crippen LogP contribution in [-0.4, -0.2) is 0 Å². The van der Waals surface area contributed by atoms with Crippen molar-refractivity contribution >= 4 is 42.1 Å². The largest absolute Gasteiger partial charge is 0.398 e. The van der Waals surface area contributed by atoms with Gasteiger partial charge in [0.2, 0.25) is 0 Å². The first-order chi connectivity index (χ1) is 4.75. The highest BCUT2D eigenvalue weighted by atomic mass is 35.5. The first-order valence-corrected chi connectivity index (χ1v) is 3.36. The fraction of sp³-hybridized carbons (Fsp3) is 0.143. The zero-order valence-electron chi connectivity index (χ0n) is 6.29. The first-order valence-electron chi connectivity index (χ1n) is 2.98. The van der Waals surface area contributed by atoms with Crippen LogP contribution in [0.1, 0.15) is 5.56 Å². The minimum atomic E-state index is 0. The Morgan fingerprint density at radius 3 is 2.17 bits per heavy atom. The third kappa shape index (κ3) is 3.07. The summed E-state index contributed by atoms with van der Waals surface area (Å²) in [7, 11) is 0. The van der Waals surface area contributed by atoms with Gasteiger partial charge in [-0.3, -0.25) is 0 Å². The lowest BCUT2D eigenvalue weighted by Gasteiger charge is -2.02. The monoisotopic (exact) mass is 228 g/mol. The zero-order chi connectivity index (χ0) is 7.56. The molecule has 0 spiro atoms. The topological polar surface area (TPSA) is 52.0 Å². The molecule has 12 heavy (non-hydrogen) atoms. The van der Waals surface area contributed by atoms with Gasteiger partial charge in [-0.15, -0.1) is 24.8 Å². The highest BCUT2D eigenvalue weighted by Crippen LogP contribution is 2.20. The summed E-state index contributed by atoms with van der Waals surface area (Å²) in [5, 5.41) is 0.641. The molecule has 0 unspecified atom stereocenters. The maximum absolute atomic E-state index is 5.77. The lowest BCUT2D eigenvalue weighted by molar-refractivity contribution is 1.08. The lowest BCUT2D eigenvalue weighted by Crippen LogP contribution is -2.01. The van der Waals surface area contributed by atoms with E-state index in [1.807, 2.05) is 0 Å². The normalized spacial score (nSPS) is 8.17. The van der Waals surface area contributed by atoms with E-state index in [0.29, 0.717) is 17.3 Å². The second kappa shape index (κ2) is 6.38. The molecule has 0 saturated heterocycles. The predicted octanol–water partition coefficient (Wildman–Crippen LogP) is 2.22. The number of halogens is 3. The van der Waals surface area contributed by atoms with Crippen molar-refractivity contribution in [3.8, 4) is 0 Å². The second-order valence-corrected chi connectivity index (χ2v) is 2.42. The Balaban J connectivity index is 0. The van der Waals surface area contributed by atoms with Gasteiger partial charge in [-0.2, -0.15) is 0 Å². The average molecular weight is 230 g/mol.